The Morgan fingerprint density at radius 2 is 1.80 bits per heavy atom. The van der Waals surface area contributed by atoms with Crippen molar-refractivity contribution in [3.63, 3.8) is 0 Å². The highest BCUT2D eigenvalue weighted by molar-refractivity contribution is 5.47. The lowest BCUT2D eigenvalue weighted by atomic mass is 10.1. The van der Waals surface area contributed by atoms with E-state index >= 15 is 0 Å². The van der Waals surface area contributed by atoms with Crippen molar-refractivity contribution in [2.45, 2.75) is 19.3 Å². The molecule has 1 heteroatoms. The van der Waals surface area contributed by atoms with E-state index in [1.54, 1.807) is 0 Å². The fourth-order valence-corrected chi connectivity index (χ4v) is 2.11. The molecule has 1 aliphatic heterocycles. The minimum Gasteiger partial charge on any atom is -0.303 e. The van der Waals surface area contributed by atoms with Gasteiger partial charge in [0, 0.05) is 6.54 Å². The van der Waals surface area contributed by atoms with Crippen LogP contribution in [-0.2, 0) is 6.42 Å². The van der Waals surface area contributed by atoms with Crippen LogP contribution in [0.2, 0.25) is 0 Å². The summed E-state index contributed by atoms with van der Waals surface area (Å²) in [4.78, 5) is 2.56. The summed E-state index contributed by atoms with van der Waals surface area (Å²) in [5.74, 6) is 0. The molecule has 1 fully saturated rings. The van der Waals surface area contributed by atoms with E-state index in [9.17, 15) is 0 Å². The van der Waals surface area contributed by atoms with Crippen LogP contribution in [-0.4, -0.2) is 24.5 Å². The SMILES string of the molecule is C=Cc1ccc(CCN2CCCC2)cc1. The monoisotopic (exact) mass is 201 g/mol. The second-order valence-corrected chi connectivity index (χ2v) is 4.24. The Balaban J connectivity index is 1.84. The molecule has 0 radical (unpaired) electrons. The van der Waals surface area contributed by atoms with Gasteiger partial charge in [-0.2, -0.15) is 0 Å². The zero-order chi connectivity index (χ0) is 10.5. The van der Waals surface area contributed by atoms with Crippen LogP contribution in [0.1, 0.15) is 24.0 Å². The first-order valence-corrected chi connectivity index (χ1v) is 5.82. The van der Waals surface area contributed by atoms with Gasteiger partial charge >= 0.3 is 0 Å². The Labute approximate surface area is 92.4 Å². The Hall–Kier alpha value is -1.08. The van der Waals surface area contributed by atoms with Gasteiger partial charge in [0.05, 0.1) is 0 Å². The Bertz CT molecular complexity index is 307. The van der Waals surface area contributed by atoms with Crippen LogP contribution in [0.5, 0.6) is 0 Å². The summed E-state index contributed by atoms with van der Waals surface area (Å²) in [5.41, 5.74) is 2.65. The Morgan fingerprint density at radius 1 is 1.13 bits per heavy atom. The highest BCUT2D eigenvalue weighted by Crippen LogP contribution is 2.10. The molecule has 1 aliphatic rings. The molecule has 0 amide bonds. The van der Waals surface area contributed by atoms with Crippen LogP contribution in [0.4, 0.5) is 0 Å². The maximum atomic E-state index is 3.76. The molecule has 1 aromatic carbocycles. The summed E-state index contributed by atoms with van der Waals surface area (Å²) in [6.45, 7) is 7.57. The standard InChI is InChI=1S/C14H19N/c1-2-13-5-7-14(8-6-13)9-12-15-10-3-4-11-15/h2,5-8H,1,3-4,9-12H2. The summed E-state index contributed by atoms with van der Waals surface area (Å²) in [6.07, 6.45) is 5.84. The van der Waals surface area contributed by atoms with Gasteiger partial charge in [0.15, 0.2) is 0 Å². The highest BCUT2D eigenvalue weighted by atomic mass is 15.1. The van der Waals surface area contributed by atoms with Crippen molar-refractivity contribution in [3.8, 4) is 0 Å². The molecule has 0 atom stereocenters. The average molecular weight is 201 g/mol. The van der Waals surface area contributed by atoms with E-state index < -0.39 is 0 Å². The number of hydrogen-bond donors (Lipinski definition) is 0. The van der Waals surface area contributed by atoms with Gasteiger partial charge in [-0.25, -0.2) is 0 Å². The smallest absolute Gasteiger partial charge is 0.00218 e. The second kappa shape index (κ2) is 5.13. The summed E-state index contributed by atoms with van der Waals surface area (Å²) < 4.78 is 0. The molecule has 0 bridgehead atoms. The maximum absolute atomic E-state index is 3.76. The number of rotatable bonds is 4. The van der Waals surface area contributed by atoms with Gasteiger partial charge in [0.1, 0.15) is 0 Å². The first kappa shape index (κ1) is 10.4. The first-order chi connectivity index (χ1) is 7.38. The first-order valence-electron chi connectivity index (χ1n) is 5.82. The lowest BCUT2D eigenvalue weighted by molar-refractivity contribution is 0.343. The van der Waals surface area contributed by atoms with Gasteiger partial charge in [0.2, 0.25) is 0 Å². The zero-order valence-corrected chi connectivity index (χ0v) is 9.28. The molecule has 80 valence electrons. The van der Waals surface area contributed by atoms with E-state index in [4.69, 9.17) is 0 Å². The normalized spacial score (nSPS) is 16.8. The van der Waals surface area contributed by atoms with Gasteiger partial charge in [-0.15, -0.1) is 0 Å². The van der Waals surface area contributed by atoms with E-state index in [1.165, 1.54) is 50.0 Å². The predicted octanol–water partition coefficient (Wildman–Crippen LogP) is 2.97. The molecule has 1 heterocycles. The van der Waals surface area contributed by atoms with Crippen LogP contribution in [0.25, 0.3) is 6.08 Å². The van der Waals surface area contributed by atoms with E-state index in [2.05, 4.69) is 35.7 Å². The topological polar surface area (TPSA) is 3.24 Å². The summed E-state index contributed by atoms with van der Waals surface area (Å²) in [7, 11) is 0. The summed E-state index contributed by atoms with van der Waals surface area (Å²) in [5, 5.41) is 0. The number of benzene rings is 1. The molecule has 1 aromatic rings. The van der Waals surface area contributed by atoms with Crippen LogP contribution in [0.3, 0.4) is 0 Å². The lowest BCUT2D eigenvalue weighted by Gasteiger charge is -2.14. The zero-order valence-electron chi connectivity index (χ0n) is 9.28. The maximum Gasteiger partial charge on any atom is 0.00218 e. The molecule has 15 heavy (non-hydrogen) atoms. The minimum absolute atomic E-state index is 1.18. The molecule has 0 aliphatic carbocycles. The van der Waals surface area contributed by atoms with Crippen molar-refractivity contribution in [1.29, 1.82) is 0 Å². The third kappa shape index (κ3) is 2.93. The van der Waals surface area contributed by atoms with Crippen molar-refractivity contribution < 1.29 is 0 Å². The van der Waals surface area contributed by atoms with Crippen LogP contribution < -0.4 is 0 Å². The predicted molar refractivity (Wildman–Crippen MR) is 65.9 cm³/mol. The molecule has 0 spiro atoms. The third-order valence-corrected chi connectivity index (χ3v) is 3.13. The minimum atomic E-state index is 1.18. The summed E-state index contributed by atoms with van der Waals surface area (Å²) in [6, 6.07) is 8.72. The van der Waals surface area contributed by atoms with Crippen molar-refractivity contribution >= 4 is 6.08 Å². The van der Waals surface area contributed by atoms with E-state index in [0.717, 1.165) is 0 Å². The molecule has 2 rings (SSSR count). The number of nitrogens with zero attached hydrogens (tertiary/aromatic N) is 1. The van der Waals surface area contributed by atoms with Crippen molar-refractivity contribution in [1.82, 2.24) is 4.90 Å². The van der Waals surface area contributed by atoms with Gasteiger partial charge in [-0.05, 0) is 43.5 Å². The van der Waals surface area contributed by atoms with Crippen LogP contribution in [0, 0.1) is 0 Å². The van der Waals surface area contributed by atoms with Crippen molar-refractivity contribution in [2.75, 3.05) is 19.6 Å². The quantitative estimate of drug-likeness (QED) is 0.724. The Morgan fingerprint density at radius 3 is 2.40 bits per heavy atom. The fourth-order valence-electron chi connectivity index (χ4n) is 2.11. The Kier molecular flexibility index (Phi) is 3.57. The molecule has 0 saturated carbocycles. The molecule has 0 aromatic heterocycles. The van der Waals surface area contributed by atoms with E-state index in [-0.39, 0.29) is 0 Å². The molecular formula is C14H19N. The van der Waals surface area contributed by atoms with Crippen LogP contribution >= 0.6 is 0 Å². The van der Waals surface area contributed by atoms with Crippen LogP contribution in [0.15, 0.2) is 30.8 Å². The molecule has 1 nitrogen and oxygen atoms in total. The van der Waals surface area contributed by atoms with Gasteiger partial charge in [0.25, 0.3) is 0 Å². The van der Waals surface area contributed by atoms with E-state index in [1.807, 2.05) is 6.08 Å². The van der Waals surface area contributed by atoms with E-state index in [0.29, 0.717) is 0 Å². The number of likely N-dealkylation sites (tertiary alicyclic amines) is 1. The van der Waals surface area contributed by atoms with Gasteiger partial charge < -0.3 is 4.90 Å². The largest absolute Gasteiger partial charge is 0.303 e. The molecular weight excluding hydrogens is 182 g/mol. The van der Waals surface area contributed by atoms with Crippen molar-refractivity contribution in [2.24, 2.45) is 0 Å². The fraction of sp³-hybridized carbons (Fsp3) is 0.429. The molecule has 0 unspecified atom stereocenters. The summed E-state index contributed by atoms with van der Waals surface area (Å²) >= 11 is 0. The van der Waals surface area contributed by atoms with Crippen molar-refractivity contribution in [3.05, 3.63) is 42.0 Å². The number of hydrogen-bond acceptors (Lipinski definition) is 1. The van der Waals surface area contributed by atoms with Gasteiger partial charge in [-0.1, -0.05) is 36.9 Å². The lowest BCUT2D eigenvalue weighted by Crippen LogP contribution is -2.21. The highest BCUT2D eigenvalue weighted by Gasteiger charge is 2.10. The molecule has 0 N–H and O–H groups in total. The van der Waals surface area contributed by atoms with Gasteiger partial charge in [-0.3, -0.25) is 0 Å². The second-order valence-electron chi connectivity index (χ2n) is 4.24. The molecule has 1 saturated heterocycles. The third-order valence-electron chi connectivity index (χ3n) is 3.13. The average Bonchev–Trinajstić information content (AvgIpc) is 2.80.